The molecule has 2 rings (SSSR count). The van der Waals surface area contributed by atoms with Crippen molar-refractivity contribution in [2.45, 2.75) is 5.09 Å². The third-order valence-corrected chi connectivity index (χ3v) is 2.65. The van der Waals surface area contributed by atoms with Gasteiger partial charge in [0.05, 0.1) is 0 Å². The van der Waals surface area contributed by atoms with Crippen LogP contribution in [-0.4, -0.2) is 13.4 Å². The molecule has 0 saturated heterocycles. The van der Waals surface area contributed by atoms with Crippen LogP contribution in [-0.2, 0) is 9.05 Å². The molecular formula is C7H4ClNO3S. The van der Waals surface area contributed by atoms with Gasteiger partial charge in [-0.25, -0.2) is 13.4 Å². The second-order valence-corrected chi connectivity index (χ2v) is 4.90. The van der Waals surface area contributed by atoms with Crippen molar-refractivity contribution in [2.24, 2.45) is 0 Å². The quantitative estimate of drug-likeness (QED) is 0.683. The van der Waals surface area contributed by atoms with Gasteiger partial charge in [-0.1, -0.05) is 0 Å². The van der Waals surface area contributed by atoms with Gasteiger partial charge in [-0.2, -0.15) is 0 Å². The summed E-state index contributed by atoms with van der Waals surface area (Å²) in [5, 5.41) is 0.338. The van der Waals surface area contributed by atoms with Crippen LogP contribution in [0.25, 0.3) is 11.1 Å². The molecule has 0 spiro atoms. The average Bonchev–Trinajstić information content (AvgIpc) is 2.45. The van der Waals surface area contributed by atoms with Crippen molar-refractivity contribution < 1.29 is 12.8 Å². The summed E-state index contributed by atoms with van der Waals surface area (Å²) in [4.78, 5) is 3.83. The van der Waals surface area contributed by atoms with Crippen molar-refractivity contribution in [2.75, 3.05) is 0 Å². The number of fused-ring (bicyclic) bond motifs is 1. The molecule has 0 saturated carbocycles. The van der Waals surface area contributed by atoms with Crippen LogP contribution in [0.15, 0.2) is 33.9 Å². The summed E-state index contributed by atoms with van der Waals surface area (Å²) in [6.45, 7) is 0. The molecule has 2 aromatic heterocycles. The van der Waals surface area contributed by atoms with Gasteiger partial charge in [0, 0.05) is 28.3 Å². The number of nitrogens with zero attached hydrogens (tertiary/aromatic N) is 1. The predicted octanol–water partition coefficient (Wildman–Crippen LogP) is 1.76. The van der Waals surface area contributed by atoms with E-state index in [1.807, 2.05) is 0 Å². The second-order valence-electron chi connectivity index (χ2n) is 2.40. The lowest BCUT2D eigenvalue weighted by molar-refractivity contribution is 0.481. The standard InChI is InChI=1S/C7H4ClNO3S/c8-13(10,11)6-4-5-2-1-3-9-7(5)12-6/h1-4H. The number of rotatable bonds is 1. The fourth-order valence-electron chi connectivity index (χ4n) is 0.970. The van der Waals surface area contributed by atoms with Crippen LogP contribution in [0.2, 0.25) is 0 Å². The Labute approximate surface area is 78.6 Å². The van der Waals surface area contributed by atoms with Crippen molar-refractivity contribution in [1.29, 1.82) is 0 Å². The predicted molar refractivity (Wildman–Crippen MR) is 47.0 cm³/mol. The van der Waals surface area contributed by atoms with Crippen LogP contribution in [0, 0.1) is 0 Å². The zero-order valence-corrected chi connectivity index (χ0v) is 7.84. The van der Waals surface area contributed by atoms with Gasteiger partial charge in [0.1, 0.15) is 0 Å². The first-order valence-electron chi connectivity index (χ1n) is 3.36. The Hall–Kier alpha value is -1.07. The zero-order chi connectivity index (χ0) is 9.47. The lowest BCUT2D eigenvalue weighted by atomic mass is 10.3. The maximum Gasteiger partial charge on any atom is 0.294 e. The molecule has 68 valence electrons. The Morgan fingerprint density at radius 2 is 2.23 bits per heavy atom. The van der Waals surface area contributed by atoms with E-state index in [1.54, 1.807) is 12.1 Å². The van der Waals surface area contributed by atoms with E-state index in [9.17, 15) is 8.42 Å². The molecule has 0 aliphatic rings. The van der Waals surface area contributed by atoms with Crippen LogP contribution >= 0.6 is 10.7 Å². The smallest absolute Gasteiger partial charge is 0.294 e. The van der Waals surface area contributed by atoms with Crippen molar-refractivity contribution in [1.82, 2.24) is 4.98 Å². The Balaban J connectivity index is 2.77. The van der Waals surface area contributed by atoms with Crippen molar-refractivity contribution >= 4 is 30.8 Å². The van der Waals surface area contributed by atoms with E-state index in [4.69, 9.17) is 15.1 Å². The molecule has 2 heterocycles. The minimum atomic E-state index is -3.80. The van der Waals surface area contributed by atoms with E-state index in [0.29, 0.717) is 5.39 Å². The van der Waals surface area contributed by atoms with Crippen molar-refractivity contribution in [3.63, 3.8) is 0 Å². The molecule has 0 bridgehead atoms. The van der Waals surface area contributed by atoms with E-state index in [-0.39, 0.29) is 10.8 Å². The van der Waals surface area contributed by atoms with Crippen LogP contribution in [0.4, 0.5) is 0 Å². The van der Waals surface area contributed by atoms with Crippen molar-refractivity contribution in [3.05, 3.63) is 24.4 Å². The van der Waals surface area contributed by atoms with E-state index in [2.05, 4.69) is 4.98 Å². The Morgan fingerprint density at radius 3 is 2.85 bits per heavy atom. The molecule has 0 unspecified atom stereocenters. The second kappa shape index (κ2) is 2.71. The molecule has 0 radical (unpaired) electrons. The molecule has 0 N–H and O–H groups in total. The van der Waals surface area contributed by atoms with E-state index in [0.717, 1.165) is 0 Å². The molecular weight excluding hydrogens is 214 g/mol. The number of hydrogen-bond donors (Lipinski definition) is 0. The molecule has 13 heavy (non-hydrogen) atoms. The number of pyridine rings is 1. The summed E-state index contributed by atoms with van der Waals surface area (Å²) in [5.41, 5.74) is 0.265. The highest BCUT2D eigenvalue weighted by Gasteiger charge is 2.16. The zero-order valence-electron chi connectivity index (χ0n) is 6.27. The van der Waals surface area contributed by atoms with Gasteiger partial charge in [-0.05, 0) is 12.1 Å². The van der Waals surface area contributed by atoms with Crippen LogP contribution < -0.4 is 0 Å². The van der Waals surface area contributed by atoms with Crippen LogP contribution in [0.5, 0.6) is 0 Å². The molecule has 4 nitrogen and oxygen atoms in total. The highest BCUT2D eigenvalue weighted by Crippen LogP contribution is 2.22. The number of hydrogen-bond acceptors (Lipinski definition) is 4. The molecule has 0 aromatic carbocycles. The first kappa shape index (κ1) is 8.52. The SMILES string of the molecule is O=S(=O)(Cl)c1cc2cccnc2o1. The average molecular weight is 218 g/mol. The van der Waals surface area contributed by atoms with Crippen molar-refractivity contribution in [3.8, 4) is 0 Å². The summed E-state index contributed by atoms with van der Waals surface area (Å²) >= 11 is 0. The minimum absolute atomic E-state index is 0.265. The van der Waals surface area contributed by atoms with Gasteiger partial charge in [0.2, 0.25) is 10.8 Å². The van der Waals surface area contributed by atoms with E-state index >= 15 is 0 Å². The third kappa shape index (κ3) is 1.52. The first-order valence-corrected chi connectivity index (χ1v) is 5.67. The normalized spacial score (nSPS) is 12.1. The summed E-state index contributed by atoms with van der Waals surface area (Å²) < 4.78 is 26.6. The molecule has 0 aliphatic heterocycles. The number of furan rings is 1. The van der Waals surface area contributed by atoms with Gasteiger partial charge < -0.3 is 4.42 Å². The Morgan fingerprint density at radius 1 is 1.46 bits per heavy atom. The van der Waals surface area contributed by atoms with Crippen LogP contribution in [0.1, 0.15) is 0 Å². The topological polar surface area (TPSA) is 60.2 Å². The van der Waals surface area contributed by atoms with Gasteiger partial charge in [0.25, 0.3) is 9.05 Å². The summed E-state index contributed by atoms with van der Waals surface area (Å²) in [6, 6.07) is 4.71. The van der Waals surface area contributed by atoms with Crippen LogP contribution in [0.3, 0.4) is 0 Å². The Kier molecular flexibility index (Phi) is 1.78. The summed E-state index contributed by atoms with van der Waals surface area (Å²) in [7, 11) is 1.28. The maximum atomic E-state index is 10.8. The summed E-state index contributed by atoms with van der Waals surface area (Å²) in [6.07, 6.45) is 1.51. The molecule has 0 fully saturated rings. The Bertz CT molecular complexity index is 513. The molecule has 0 amide bonds. The molecule has 2 aromatic rings. The summed E-state index contributed by atoms with van der Waals surface area (Å²) in [5.74, 6) is 0. The third-order valence-electron chi connectivity index (χ3n) is 1.51. The minimum Gasteiger partial charge on any atom is -0.425 e. The van der Waals surface area contributed by atoms with Gasteiger partial charge in [-0.3, -0.25) is 0 Å². The molecule has 0 aliphatic carbocycles. The monoisotopic (exact) mass is 217 g/mol. The highest BCUT2D eigenvalue weighted by molar-refractivity contribution is 8.13. The van der Waals surface area contributed by atoms with E-state index in [1.165, 1.54) is 12.3 Å². The number of aromatic nitrogens is 1. The molecule has 6 heteroatoms. The maximum absolute atomic E-state index is 10.8. The fraction of sp³-hybridized carbons (Fsp3) is 0. The largest absolute Gasteiger partial charge is 0.425 e. The van der Waals surface area contributed by atoms with Gasteiger partial charge in [0.15, 0.2) is 0 Å². The van der Waals surface area contributed by atoms with E-state index < -0.39 is 9.05 Å². The highest BCUT2D eigenvalue weighted by atomic mass is 35.7. The lowest BCUT2D eigenvalue weighted by Crippen LogP contribution is -1.85. The lowest BCUT2D eigenvalue weighted by Gasteiger charge is -1.84. The fourth-order valence-corrected chi connectivity index (χ4v) is 1.64. The molecule has 0 atom stereocenters. The first-order chi connectivity index (χ1) is 6.07. The number of halogens is 1. The van der Waals surface area contributed by atoms with Gasteiger partial charge >= 0.3 is 0 Å². The van der Waals surface area contributed by atoms with Gasteiger partial charge in [-0.15, -0.1) is 0 Å².